The topological polar surface area (TPSA) is 90.9 Å². The van der Waals surface area contributed by atoms with Gasteiger partial charge in [-0.3, -0.25) is 15.0 Å². The fourth-order valence-corrected chi connectivity index (χ4v) is 4.32. The van der Waals surface area contributed by atoms with Gasteiger partial charge in [-0.2, -0.15) is 0 Å². The van der Waals surface area contributed by atoms with Crippen LogP contribution in [0, 0.1) is 15.9 Å². The molecule has 0 spiro atoms. The van der Waals surface area contributed by atoms with Crippen molar-refractivity contribution in [2.45, 2.75) is 50.9 Å². The van der Waals surface area contributed by atoms with Gasteiger partial charge in [-0.15, -0.1) is 0 Å². The van der Waals surface area contributed by atoms with E-state index in [1.54, 1.807) is 18.2 Å². The number of methoxy groups -OCH3 is 2. The van der Waals surface area contributed by atoms with Crippen LogP contribution in [-0.2, 0) is 13.1 Å². The van der Waals surface area contributed by atoms with Gasteiger partial charge in [-0.25, -0.2) is 4.39 Å². The molecule has 2 aromatic rings. The first-order valence-corrected chi connectivity index (χ1v) is 10.5. The Bertz CT molecular complexity index is 915. The summed E-state index contributed by atoms with van der Waals surface area (Å²) in [4.78, 5) is 13.4. The van der Waals surface area contributed by atoms with Gasteiger partial charge in [0.2, 0.25) is 0 Å². The summed E-state index contributed by atoms with van der Waals surface area (Å²) in [5, 5.41) is 12.1. The molecule has 0 aliphatic heterocycles. The van der Waals surface area contributed by atoms with Gasteiger partial charge >= 0.3 is 0 Å². The third kappa shape index (κ3) is 5.44. The number of hydrogen-bond donors (Lipinski definition) is 1. The monoisotopic (exact) mass is 451 g/mol. The van der Waals surface area contributed by atoms with E-state index >= 15 is 0 Å². The van der Waals surface area contributed by atoms with Gasteiger partial charge in [0.15, 0.2) is 11.5 Å². The quantitative estimate of drug-likeness (QED) is 0.463. The maximum absolute atomic E-state index is 14.5. The van der Waals surface area contributed by atoms with Crippen LogP contribution in [0.4, 0.5) is 10.1 Å². The number of nitro groups is 1. The number of nitrogens with two attached hydrogens (primary N) is 1. The predicted molar refractivity (Wildman–Crippen MR) is 117 cm³/mol. The molecule has 1 fully saturated rings. The Hall–Kier alpha value is -2.42. The second-order valence-corrected chi connectivity index (χ2v) is 8.17. The number of nitro benzene ring substituents is 1. The summed E-state index contributed by atoms with van der Waals surface area (Å²) in [6, 6.07) is 7.79. The number of benzene rings is 2. The predicted octanol–water partition coefficient (Wildman–Crippen LogP) is 4.68. The molecule has 168 valence electrons. The number of ether oxygens (including phenoxy) is 2. The second kappa shape index (κ2) is 10.3. The minimum Gasteiger partial charge on any atom is -0.493 e. The van der Waals surface area contributed by atoms with Crippen molar-refractivity contribution in [3.05, 3.63) is 62.4 Å². The molecular weight excluding hydrogens is 425 g/mol. The lowest BCUT2D eigenvalue weighted by molar-refractivity contribution is -0.385. The van der Waals surface area contributed by atoms with Crippen LogP contribution in [0.3, 0.4) is 0 Å². The molecule has 0 radical (unpaired) electrons. The van der Waals surface area contributed by atoms with E-state index in [0.717, 1.165) is 25.7 Å². The lowest BCUT2D eigenvalue weighted by Crippen LogP contribution is -2.40. The molecule has 1 aliphatic rings. The van der Waals surface area contributed by atoms with Crippen molar-refractivity contribution < 1.29 is 18.8 Å². The highest BCUT2D eigenvalue weighted by Crippen LogP contribution is 2.37. The van der Waals surface area contributed by atoms with Crippen LogP contribution in [-0.4, -0.2) is 36.1 Å². The van der Waals surface area contributed by atoms with E-state index < -0.39 is 10.7 Å². The third-order valence-electron chi connectivity index (χ3n) is 5.84. The molecule has 31 heavy (non-hydrogen) atoms. The first-order chi connectivity index (χ1) is 14.8. The number of halogens is 2. The molecule has 0 bridgehead atoms. The van der Waals surface area contributed by atoms with Crippen LogP contribution in [0.25, 0.3) is 0 Å². The van der Waals surface area contributed by atoms with Crippen LogP contribution in [0.15, 0.2) is 30.3 Å². The molecule has 0 unspecified atom stereocenters. The summed E-state index contributed by atoms with van der Waals surface area (Å²) < 4.78 is 25.1. The zero-order chi connectivity index (χ0) is 22.5. The average Bonchev–Trinajstić information content (AvgIpc) is 2.75. The highest BCUT2D eigenvalue weighted by Gasteiger charge is 2.29. The first kappa shape index (κ1) is 23.2. The van der Waals surface area contributed by atoms with E-state index in [1.807, 2.05) is 4.90 Å². The average molecular weight is 452 g/mol. The molecule has 3 rings (SSSR count). The van der Waals surface area contributed by atoms with Gasteiger partial charge < -0.3 is 15.2 Å². The van der Waals surface area contributed by atoms with Gasteiger partial charge in [-0.05, 0) is 43.9 Å². The van der Waals surface area contributed by atoms with Crippen LogP contribution in [0.5, 0.6) is 11.5 Å². The summed E-state index contributed by atoms with van der Waals surface area (Å²) in [5.74, 6) is 0.287. The maximum atomic E-state index is 14.5. The van der Waals surface area contributed by atoms with Crippen molar-refractivity contribution in [1.82, 2.24) is 4.90 Å². The highest BCUT2D eigenvalue weighted by atomic mass is 35.5. The van der Waals surface area contributed by atoms with E-state index in [9.17, 15) is 14.5 Å². The maximum Gasteiger partial charge on any atom is 0.277 e. The van der Waals surface area contributed by atoms with Crippen LogP contribution in [0.2, 0.25) is 5.02 Å². The SMILES string of the molecule is COc1cc(CN(Cc2c(F)cccc2Cl)C2CCC(N)CC2)c([N+](=O)[O-])cc1OC. The summed E-state index contributed by atoms with van der Waals surface area (Å²) in [6.07, 6.45) is 3.35. The van der Waals surface area contributed by atoms with Crippen LogP contribution in [0.1, 0.15) is 36.8 Å². The Morgan fingerprint density at radius 1 is 1.16 bits per heavy atom. The Kier molecular flexibility index (Phi) is 7.69. The van der Waals surface area contributed by atoms with Gasteiger partial charge in [0.1, 0.15) is 5.82 Å². The molecule has 0 atom stereocenters. The standard InChI is InChI=1S/C22H27ClFN3O4/c1-30-21-10-14(20(27(28)29)11-22(21)31-2)12-26(16-8-6-15(25)7-9-16)13-17-18(23)4-3-5-19(17)24/h3-5,10-11,15-16H,6-9,12-13,25H2,1-2H3. The van der Waals surface area contributed by atoms with Gasteiger partial charge in [0.25, 0.3) is 5.69 Å². The van der Waals surface area contributed by atoms with Gasteiger partial charge in [-0.1, -0.05) is 17.7 Å². The molecule has 7 nitrogen and oxygen atoms in total. The third-order valence-corrected chi connectivity index (χ3v) is 6.19. The molecule has 9 heteroatoms. The van der Waals surface area contributed by atoms with E-state index in [0.29, 0.717) is 21.9 Å². The van der Waals surface area contributed by atoms with Crippen molar-refractivity contribution in [2.75, 3.05) is 14.2 Å². The Morgan fingerprint density at radius 3 is 2.39 bits per heavy atom. The molecule has 2 aromatic carbocycles. The van der Waals surface area contributed by atoms with Gasteiger partial charge in [0.05, 0.1) is 25.2 Å². The summed E-state index contributed by atoms with van der Waals surface area (Å²) in [5.41, 5.74) is 6.83. The minimum atomic E-state index is -0.442. The van der Waals surface area contributed by atoms with Crippen LogP contribution < -0.4 is 15.2 Å². The molecule has 1 aliphatic carbocycles. The minimum absolute atomic E-state index is 0.0743. The highest BCUT2D eigenvalue weighted by molar-refractivity contribution is 6.31. The lowest BCUT2D eigenvalue weighted by atomic mass is 9.90. The fraction of sp³-hybridized carbons (Fsp3) is 0.455. The van der Waals surface area contributed by atoms with E-state index in [1.165, 1.54) is 26.4 Å². The van der Waals surface area contributed by atoms with Crippen molar-refractivity contribution in [1.29, 1.82) is 0 Å². The van der Waals surface area contributed by atoms with E-state index in [-0.39, 0.29) is 36.6 Å². The van der Waals surface area contributed by atoms with E-state index in [4.69, 9.17) is 26.8 Å². The lowest BCUT2D eigenvalue weighted by Gasteiger charge is -2.36. The molecule has 2 N–H and O–H groups in total. The van der Waals surface area contributed by atoms with Crippen molar-refractivity contribution in [2.24, 2.45) is 5.73 Å². The van der Waals surface area contributed by atoms with Crippen molar-refractivity contribution in [3.8, 4) is 11.5 Å². The fourth-order valence-electron chi connectivity index (χ4n) is 4.09. The van der Waals surface area contributed by atoms with Gasteiger partial charge in [0, 0.05) is 41.3 Å². The molecular formula is C22H27ClFN3O4. The largest absolute Gasteiger partial charge is 0.493 e. The first-order valence-electron chi connectivity index (χ1n) is 10.2. The smallest absolute Gasteiger partial charge is 0.277 e. The second-order valence-electron chi connectivity index (χ2n) is 7.77. The summed E-state index contributed by atoms with van der Waals surface area (Å²) >= 11 is 6.28. The Balaban J connectivity index is 1.99. The molecule has 0 heterocycles. The molecule has 0 saturated heterocycles. The van der Waals surface area contributed by atoms with Crippen molar-refractivity contribution in [3.63, 3.8) is 0 Å². The zero-order valence-corrected chi connectivity index (χ0v) is 18.4. The molecule has 0 aromatic heterocycles. The zero-order valence-electron chi connectivity index (χ0n) is 17.6. The Morgan fingerprint density at radius 2 is 1.81 bits per heavy atom. The molecule has 0 amide bonds. The normalized spacial score (nSPS) is 18.8. The summed E-state index contributed by atoms with van der Waals surface area (Å²) in [7, 11) is 2.91. The number of rotatable bonds is 8. The summed E-state index contributed by atoms with van der Waals surface area (Å²) in [6.45, 7) is 0.470. The number of hydrogen-bond acceptors (Lipinski definition) is 6. The Labute approximate surface area is 186 Å². The molecule has 1 saturated carbocycles. The number of nitrogens with zero attached hydrogens (tertiary/aromatic N) is 2. The van der Waals surface area contributed by atoms with Crippen molar-refractivity contribution >= 4 is 17.3 Å². The van der Waals surface area contributed by atoms with E-state index in [2.05, 4.69) is 0 Å². The van der Waals surface area contributed by atoms with Crippen LogP contribution >= 0.6 is 11.6 Å².